The van der Waals surface area contributed by atoms with Crippen molar-refractivity contribution in [2.24, 2.45) is 17.8 Å². The van der Waals surface area contributed by atoms with Gasteiger partial charge in [0.2, 0.25) is 11.8 Å². The highest BCUT2D eigenvalue weighted by Gasteiger charge is 2.52. The average Bonchev–Trinajstić information content (AvgIpc) is 2.74. The van der Waals surface area contributed by atoms with Gasteiger partial charge in [0.15, 0.2) is 11.5 Å². The lowest BCUT2D eigenvalue weighted by Gasteiger charge is -2.53. The van der Waals surface area contributed by atoms with Crippen molar-refractivity contribution < 1.29 is 23.8 Å². The Balaban J connectivity index is 1.54. The number of hydrogen-bond acceptors (Lipinski definition) is 5. The van der Waals surface area contributed by atoms with Crippen molar-refractivity contribution in [2.75, 3.05) is 20.2 Å². The number of nitrogens with zero attached hydrogens (tertiary/aromatic N) is 1. The van der Waals surface area contributed by atoms with E-state index in [9.17, 15) is 9.59 Å². The Morgan fingerprint density at radius 3 is 2.69 bits per heavy atom. The summed E-state index contributed by atoms with van der Waals surface area (Å²) in [6.45, 7) is 10.9. The summed E-state index contributed by atoms with van der Waals surface area (Å²) in [6.07, 6.45) is 1.78. The molecule has 0 saturated carbocycles. The molecule has 1 aromatic rings. The molecule has 0 radical (unpaired) electrons. The first-order valence-corrected chi connectivity index (χ1v) is 11.7. The second-order valence-corrected chi connectivity index (χ2v) is 10.3. The fraction of sp³-hybridized carbons (Fsp3) is 0.680. The van der Waals surface area contributed by atoms with Crippen LogP contribution in [0.5, 0.6) is 11.5 Å². The van der Waals surface area contributed by atoms with Crippen molar-refractivity contribution in [3.05, 3.63) is 23.8 Å². The topological polar surface area (TPSA) is 77.1 Å². The summed E-state index contributed by atoms with van der Waals surface area (Å²) in [5, 5.41) is 2.84. The van der Waals surface area contributed by atoms with Gasteiger partial charge < -0.3 is 24.4 Å². The number of amides is 2. The summed E-state index contributed by atoms with van der Waals surface area (Å²) in [5.41, 5.74) is 0.636. The van der Waals surface area contributed by atoms with E-state index in [0.717, 1.165) is 29.9 Å². The molecule has 32 heavy (non-hydrogen) atoms. The van der Waals surface area contributed by atoms with Gasteiger partial charge in [0.25, 0.3) is 0 Å². The van der Waals surface area contributed by atoms with Crippen molar-refractivity contribution in [3.63, 3.8) is 0 Å². The Hall–Kier alpha value is -2.28. The standard InChI is InChI=1S/C25H36N2O5/c1-14(2)21(26-15(3)28)24(29)27-11-10-19-16(13-27)12-18-22(31-19)17-8-7-9-20(30-6)23(17)32-25(18,4)5/h7-9,14,16,18-19,21-22H,10-13H2,1-6H3,(H,26,28)/t16-,18+,19+,21-,22-/m0/s1. The predicted molar refractivity (Wildman–Crippen MR) is 121 cm³/mol. The van der Waals surface area contributed by atoms with Crippen molar-refractivity contribution in [2.45, 2.75) is 71.3 Å². The smallest absolute Gasteiger partial charge is 0.245 e. The van der Waals surface area contributed by atoms with Gasteiger partial charge in [-0.2, -0.15) is 0 Å². The van der Waals surface area contributed by atoms with Gasteiger partial charge in [-0.3, -0.25) is 9.59 Å². The van der Waals surface area contributed by atoms with Crippen LogP contribution < -0.4 is 14.8 Å². The molecule has 3 aliphatic heterocycles. The third-order valence-electron chi connectivity index (χ3n) is 7.30. The van der Waals surface area contributed by atoms with Crippen molar-refractivity contribution in [1.29, 1.82) is 0 Å². The molecule has 176 valence electrons. The zero-order valence-electron chi connectivity index (χ0n) is 20.0. The van der Waals surface area contributed by atoms with Crippen LogP contribution in [0.1, 0.15) is 59.1 Å². The summed E-state index contributed by atoms with van der Waals surface area (Å²) >= 11 is 0. The van der Waals surface area contributed by atoms with Crippen LogP contribution in [0.4, 0.5) is 0 Å². The number of carbonyl (C=O) groups is 2. The molecule has 3 aliphatic rings. The van der Waals surface area contributed by atoms with Crippen LogP contribution >= 0.6 is 0 Å². The predicted octanol–water partition coefficient (Wildman–Crippen LogP) is 3.32. The van der Waals surface area contributed by atoms with Crippen LogP contribution in [0, 0.1) is 17.8 Å². The quantitative estimate of drug-likeness (QED) is 0.771. The number of benzene rings is 1. The van der Waals surface area contributed by atoms with Gasteiger partial charge in [0.1, 0.15) is 11.6 Å². The number of ether oxygens (including phenoxy) is 3. The summed E-state index contributed by atoms with van der Waals surface area (Å²) in [4.78, 5) is 26.8. The van der Waals surface area contributed by atoms with E-state index >= 15 is 0 Å². The summed E-state index contributed by atoms with van der Waals surface area (Å²) in [5.74, 6) is 1.80. The van der Waals surface area contributed by atoms with E-state index < -0.39 is 11.6 Å². The van der Waals surface area contributed by atoms with Crippen LogP contribution in [-0.4, -0.2) is 54.7 Å². The number of piperidine rings is 1. The minimum Gasteiger partial charge on any atom is -0.493 e. The molecule has 2 amide bonds. The molecule has 3 heterocycles. The van der Waals surface area contributed by atoms with Gasteiger partial charge in [-0.15, -0.1) is 0 Å². The summed E-state index contributed by atoms with van der Waals surface area (Å²) < 4.78 is 18.7. The maximum Gasteiger partial charge on any atom is 0.245 e. The Bertz CT molecular complexity index is 883. The van der Waals surface area contributed by atoms with Crippen LogP contribution in [0.3, 0.4) is 0 Å². The highest BCUT2D eigenvalue weighted by Crippen LogP contribution is 2.55. The number of para-hydroxylation sites is 1. The second kappa shape index (κ2) is 8.58. The molecule has 5 atom stereocenters. The fourth-order valence-corrected chi connectivity index (χ4v) is 5.58. The van der Waals surface area contributed by atoms with E-state index in [0.29, 0.717) is 13.1 Å². The Kier molecular flexibility index (Phi) is 6.14. The minimum atomic E-state index is -0.491. The van der Waals surface area contributed by atoms with Gasteiger partial charge in [0.05, 0.1) is 19.3 Å². The SMILES string of the molecule is COc1cccc2c1OC(C)(C)[C@@H]1C[C@H]3CN(C(=O)[C@@H](NC(C)=O)C(C)C)CC[C@H]3O[C@@H]21. The van der Waals surface area contributed by atoms with E-state index in [2.05, 4.69) is 25.2 Å². The lowest BCUT2D eigenvalue weighted by Crippen LogP contribution is -2.58. The zero-order chi connectivity index (χ0) is 23.2. The molecule has 0 aromatic heterocycles. The Labute approximate surface area is 190 Å². The molecule has 1 N–H and O–H groups in total. The third kappa shape index (κ3) is 4.07. The Morgan fingerprint density at radius 2 is 2.03 bits per heavy atom. The van der Waals surface area contributed by atoms with Crippen molar-refractivity contribution in [1.82, 2.24) is 10.2 Å². The number of nitrogens with one attached hydrogen (secondary N) is 1. The normalized spacial score (nSPS) is 29.2. The summed E-state index contributed by atoms with van der Waals surface area (Å²) in [6, 6.07) is 5.49. The number of likely N-dealkylation sites (tertiary alicyclic amines) is 1. The highest BCUT2D eigenvalue weighted by molar-refractivity contribution is 5.87. The summed E-state index contributed by atoms with van der Waals surface area (Å²) in [7, 11) is 1.66. The number of rotatable bonds is 4. The van der Waals surface area contributed by atoms with Crippen LogP contribution in [0.2, 0.25) is 0 Å². The Morgan fingerprint density at radius 1 is 1.28 bits per heavy atom. The first-order valence-electron chi connectivity index (χ1n) is 11.7. The largest absolute Gasteiger partial charge is 0.493 e. The first kappa shape index (κ1) is 22.9. The lowest BCUT2D eigenvalue weighted by atomic mass is 9.70. The molecule has 0 bridgehead atoms. The molecule has 2 saturated heterocycles. The van der Waals surface area contributed by atoms with Crippen LogP contribution in [0.15, 0.2) is 18.2 Å². The molecule has 1 aromatic carbocycles. The van der Waals surface area contributed by atoms with E-state index in [1.807, 2.05) is 30.9 Å². The third-order valence-corrected chi connectivity index (χ3v) is 7.30. The molecule has 0 spiro atoms. The van der Waals surface area contributed by atoms with E-state index in [1.165, 1.54) is 6.92 Å². The molecule has 0 aliphatic carbocycles. The van der Waals surface area contributed by atoms with Crippen molar-refractivity contribution >= 4 is 11.8 Å². The highest BCUT2D eigenvalue weighted by atomic mass is 16.5. The van der Waals surface area contributed by atoms with E-state index in [-0.39, 0.29) is 41.8 Å². The van der Waals surface area contributed by atoms with Crippen LogP contribution in [0.25, 0.3) is 0 Å². The van der Waals surface area contributed by atoms with Gasteiger partial charge in [0, 0.05) is 37.4 Å². The maximum absolute atomic E-state index is 13.2. The van der Waals surface area contributed by atoms with Gasteiger partial charge in [-0.05, 0) is 38.7 Å². The molecule has 2 fully saturated rings. The molecule has 0 unspecified atom stereocenters. The number of methoxy groups -OCH3 is 1. The number of carbonyl (C=O) groups excluding carboxylic acids is 2. The minimum absolute atomic E-state index is 0.00464. The van der Waals surface area contributed by atoms with E-state index in [1.54, 1.807) is 7.11 Å². The van der Waals surface area contributed by atoms with Gasteiger partial charge >= 0.3 is 0 Å². The molecule has 7 heteroatoms. The van der Waals surface area contributed by atoms with E-state index in [4.69, 9.17) is 14.2 Å². The second-order valence-electron chi connectivity index (χ2n) is 10.3. The molecular weight excluding hydrogens is 408 g/mol. The van der Waals surface area contributed by atoms with Crippen molar-refractivity contribution in [3.8, 4) is 11.5 Å². The monoisotopic (exact) mass is 444 g/mol. The molecular formula is C25H36N2O5. The average molecular weight is 445 g/mol. The lowest BCUT2D eigenvalue weighted by molar-refractivity contribution is -0.189. The van der Waals surface area contributed by atoms with Crippen LogP contribution in [-0.2, 0) is 14.3 Å². The zero-order valence-corrected chi connectivity index (χ0v) is 20.0. The number of fused-ring (bicyclic) bond motifs is 4. The van der Waals surface area contributed by atoms with Gasteiger partial charge in [-0.25, -0.2) is 0 Å². The fourth-order valence-electron chi connectivity index (χ4n) is 5.58. The maximum atomic E-state index is 13.2. The number of hydrogen-bond donors (Lipinski definition) is 1. The molecule has 7 nitrogen and oxygen atoms in total. The molecule has 4 rings (SSSR count). The van der Waals surface area contributed by atoms with Gasteiger partial charge in [-0.1, -0.05) is 26.0 Å². The first-order chi connectivity index (χ1) is 15.1.